The van der Waals surface area contributed by atoms with Crippen LogP contribution in [0.3, 0.4) is 0 Å². The molecule has 1 unspecified atom stereocenters. The van der Waals surface area contributed by atoms with E-state index >= 15 is 0 Å². The molecule has 0 aliphatic rings. The number of ether oxygens (including phenoxy) is 1. The summed E-state index contributed by atoms with van der Waals surface area (Å²) in [5.41, 5.74) is 6.22. The zero-order valence-corrected chi connectivity index (χ0v) is 11.8. The number of nitrogens with two attached hydrogens (primary N) is 1. The van der Waals surface area contributed by atoms with Gasteiger partial charge in [-0.1, -0.05) is 6.07 Å². The average Bonchev–Trinajstić information content (AvgIpc) is 2.86. The summed E-state index contributed by atoms with van der Waals surface area (Å²) in [6.07, 6.45) is 0. The van der Waals surface area contributed by atoms with E-state index in [9.17, 15) is 9.18 Å². The molecule has 0 aliphatic carbocycles. The molecular weight excluding hydrogens is 281 g/mol. The Kier molecular flexibility index (Phi) is 4.31. The maximum Gasteiger partial charge on any atom is 0.264 e. The van der Waals surface area contributed by atoms with Gasteiger partial charge >= 0.3 is 0 Å². The molecule has 1 aromatic heterocycles. The second-order valence-electron chi connectivity index (χ2n) is 4.14. The molecule has 7 heteroatoms. The molecule has 1 amide bonds. The Hall–Kier alpha value is -1.99. The smallest absolute Gasteiger partial charge is 0.264 e. The van der Waals surface area contributed by atoms with E-state index in [0.717, 1.165) is 0 Å². The van der Waals surface area contributed by atoms with Crippen molar-refractivity contribution in [2.45, 2.75) is 13.0 Å². The second kappa shape index (κ2) is 5.98. The van der Waals surface area contributed by atoms with Crippen molar-refractivity contribution in [2.75, 3.05) is 12.4 Å². The molecule has 106 valence electrons. The van der Waals surface area contributed by atoms with Crippen molar-refractivity contribution >= 4 is 22.4 Å². The Balaban J connectivity index is 2.23. The zero-order chi connectivity index (χ0) is 14.7. The molecule has 20 heavy (non-hydrogen) atoms. The molecule has 0 spiro atoms. The number of anilines is 1. The predicted molar refractivity (Wildman–Crippen MR) is 75.6 cm³/mol. The number of carbonyl (C=O) groups is 1. The number of thiazole rings is 1. The molecule has 1 heterocycles. The fourth-order valence-corrected chi connectivity index (χ4v) is 2.42. The van der Waals surface area contributed by atoms with E-state index in [-0.39, 0.29) is 17.4 Å². The highest BCUT2D eigenvalue weighted by Crippen LogP contribution is 2.24. The minimum absolute atomic E-state index is 0.146. The summed E-state index contributed by atoms with van der Waals surface area (Å²) in [5.74, 6) is -1.08. The lowest BCUT2D eigenvalue weighted by atomic mass is 10.1. The number of hydrogen-bond acceptors (Lipinski definition) is 5. The second-order valence-corrected chi connectivity index (χ2v) is 5.00. The van der Waals surface area contributed by atoms with Crippen LogP contribution < -0.4 is 15.8 Å². The molecule has 2 rings (SSSR count). The molecule has 0 fully saturated rings. The molecule has 0 radical (unpaired) electrons. The minimum atomic E-state index is -0.647. The number of nitrogens with one attached hydrogen (secondary N) is 1. The quantitative estimate of drug-likeness (QED) is 0.908. The van der Waals surface area contributed by atoms with Crippen LogP contribution in [0, 0.1) is 5.82 Å². The van der Waals surface area contributed by atoms with Gasteiger partial charge < -0.3 is 10.5 Å². The van der Waals surface area contributed by atoms with Crippen LogP contribution in [-0.2, 0) is 0 Å². The van der Waals surface area contributed by atoms with Crippen LogP contribution in [0.1, 0.15) is 29.0 Å². The van der Waals surface area contributed by atoms with E-state index in [4.69, 9.17) is 10.5 Å². The van der Waals surface area contributed by atoms with Crippen LogP contribution in [0.15, 0.2) is 23.6 Å². The van der Waals surface area contributed by atoms with E-state index in [1.54, 1.807) is 12.3 Å². The molecule has 0 saturated carbocycles. The Labute approximate surface area is 119 Å². The third kappa shape index (κ3) is 2.94. The van der Waals surface area contributed by atoms with Crippen LogP contribution >= 0.6 is 11.3 Å². The number of amides is 1. The summed E-state index contributed by atoms with van der Waals surface area (Å²) in [7, 11) is 1.38. The van der Waals surface area contributed by atoms with Crippen molar-refractivity contribution in [2.24, 2.45) is 5.73 Å². The van der Waals surface area contributed by atoms with Crippen LogP contribution in [0.2, 0.25) is 0 Å². The zero-order valence-electron chi connectivity index (χ0n) is 11.0. The number of halogens is 1. The van der Waals surface area contributed by atoms with Crippen LogP contribution in [0.5, 0.6) is 5.75 Å². The normalized spacial score (nSPS) is 12.0. The molecule has 2 aromatic rings. The van der Waals surface area contributed by atoms with Gasteiger partial charge in [0.1, 0.15) is 17.1 Å². The largest absolute Gasteiger partial charge is 0.496 e. The highest BCUT2D eigenvalue weighted by atomic mass is 32.1. The van der Waals surface area contributed by atoms with E-state index < -0.39 is 11.7 Å². The maximum absolute atomic E-state index is 13.7. The number of carbonyl (C=O) groups excluding carboxylic acids is 1. The standard InChI is InChI=1S/C13H14FN3O2S/c1-7(15)9-6-20-13(16-9)17-12(18)11-8(14)4-3-5-10(11)19-2/h3-7H,15H2,1-2H3,(H,16,17,18). The summed E-state index contributed by atoms with van der Waals surface area (Å²) in [5, 5.41) is 4.66. The van der Waals surface area contributed by atoms with Crippen molar-refractivity contribution in [1.29, 1.82) is 0 Å². The van der Waals surface area contributed by atoms with Crippen molar-refractivity contribution in [3.63, 3.8) is 0 Å². The summed E-state index contributed by atoms with van der Waals surface area (Å²) in [6.45, 7) is 1.79. The van der Waals surface area contributed by atoms with Gasteiger partial charge in [-0.25, -0.2) is 9.37 Å². The topological polar surface area (TPSA) is 77.2 Å². The molecule has 1 aromatic carbocycles. The molecule has 1 atom stereocenters. The lowest BCUT2D eigenvalue weighted by molar-refractivity contribution is 0.102. The van der Waals surface area contributed by atoms with E-state index in [0.29, 0.717) is 10.8 Å². The highest BCUT2D eigenvalue weighted by Gasteiger charge is 2.19. The Morgan fingerprint density at radius 1 is 1.55 bits per heavy atom. The first-order chi connectivity index (χ1) is 9.52. The fraction of sp³-hybridized carbons (Fsp3) is 0.231. The molecular formula is C13H14FN3O2S. The Morgan fingerprint density at radius 2 is 2.30 bits per heavy atom. The van der Waals surface area contributed by atoms with Gasteiger partial charge in [0.15, 0.2) is 5.13 Å². The number of hydrogen-bond donors (Lipinski definition) is 2. The first kappa shape index (κ1) is 14.4. The first-order valence-corrected chi connectivity index (χ1v) is 6.75. The fourth-order valence-electron chi connectivity index (χ4n) is 1.61. The summed E-state index contributed by atoms with van der Waals surface area (Å²) in [4.78, 5) is 16.3. The van der Waals surface area contributed by atoms with Gasteiger partial charge in [0.25, 0.3) is 5.91 Å². The maximum atomic E-state index is 13.7. The number of nitrogens with zero attached hydrogens (tertiary/aromatic N) is 1. The molecule has 0 bridgehead atoms. The van der Waals surface area contributed by atoms with Crippen LogP contribution in [0.4, 0.5) is 9.52 Å². The first-order valence-electron chi connectivity index (χ1n) is 5.87. The number of rotatable bonds is 4. The summed E-state index contributed by atoms with van der Waals surface area (Å²) < 4.78 is 18.7. The summed E-state index contributed by atoms with van der Waals surface area (Å²) >= 11 is 1.23. The Bertz CT molecular complexity index is 628. The lowest BCUT2D eigenvalue weighted by Crippen LogP contribution is -2.15. The van der Waals surface area contributed by atoms with Crippen molar-refractivity contribution in [3.05, 3.63) is 40.7 Å². The monoisotopic (exact) mass is 295 g/mol. The SMILES string of the molecule is COc1cccc(F)c1C(=O)Nc1nc(C(C)N)cs1. The third-order valence-corrected chi connectivity index (χ3v) is 3.41. The van der Waals surface area contributed by atoms with Crippen LogP contribution in [0.25, 0.3) is 0 Å². The average molecular weight is 295 g/mol. The molecule has 0 aliphatic heterocycles. The number of aromatic nitrogens is 1. The molecule has 3 N–H and O–H groups in total. The van der Waals surface area contributed by atoms with Gasteiger partial charge in [-0.15, -0.1) is 11.3 Å². The lowest BCUT2D eigenvalue weighted by Gasteiger charge is -2.08. The van der Waals surface area contributed by atoms with Crippen molar-refractivity contribution in [3.8, 4) is 5.75 Å². The molecule has 5 nitrogen and oxygen atoms in total. The number of methoxy groups -OCH3 is 1. The van der Waals surface area contributed by atoms with Crippen LogP contribution in [-0.4, -0.2) is 18.0 Å². The van der Waals surface area contributed by atoms with E-state index in [1.807, 2.05) is 0 Å². The third-order valence-electron chi connectivity index (χ3n) is 2.63. The van der Waals surface area contributed by atoms with Gasteiger partial charge in [-0.3, -0.25) is 10.1 Å². The Morgan fingerprint density at radius 3 is 2.90 bits per heavy atom. The van der Waals surface area contributed by atoms with Gasteiger partial charge in [-0.05, 0) is 19.1 Å². The highest BCUT2D eigenvalue weighted by molar-refractivity contribution is 7.14. The van der Waals surface area contributed by atoms with E-state index in [2.05, 4.69) is 10.3 Å². The number of benzene rings is 1. The van der Waals surface area contributed by atoms with Gasteiger partial charge in [-0.2, -0.15) is 0 Å². The molecule has 0 saturated heterocycles. The van der Waals surface area contributed by atoms with Gasteiger partial charge in [0.05, 0.1) is 12.8 Å². The predicted octanol–water partition coefficient (Wildman–Crippen LogP) is 2.56. The van der Waals surface area contributed by atoms with Gasteiger partial charge in [0.2, 0.25) is 0 Å². The van der Waals surface area contributed by atoms with E-state index in [1.165, 1.54) is 36.6 Å². The summed E-state index contributed by atoms with van der Waals surface area (Å²) in [6, 6.07) is 3.97. The van der Waals surface area contributed by atoms with Crippen molar-refractivity contribution < 1.29 is 13.9 Å². The minimum Gasteiger partial charge on any atom is -0.496 e. The van der Waals surface area contributed by atoms with Crippen molar-refractivity contribution in [1.82, 2.24) is 4.98 Å². The van der Waals surface area contributed by atoms with Gasteiger partial charge in [0, 0.05) is 11.4 Å².